The topological polar surface area (TPSA) is 52.6 Å². The molecule has 0 bridgehead atoms. The van der Waals surface area contributed by atoms with Crippen LogP contribution in [0, 0.1) is 0 Å². The van der Waals surface area contributed by atoms with Gasteiger partial charge in [0.1, 0.15) is 0 Å². The highest BCUT2D eigenvalue weighted by atomic mass is 32.1. The molecule has 5 nitrogen and oxygen atoms in total. The molecule has 21 heavy (non-hydrogen) atoms. The molecule has 1 aliphatic rings. The Morgan fingerprint density at radius 3 is 3.00 bits per heavy atom. The second-order valence-electron chi connectivity index (χ2n) is 5.48. The van der Waals surface area contributed by atoms with Crippen molar-refractivity contribution in [3.8, 4) is 0 Å². The Kier molecular flexibility index (Phi) is 6.45. The monoisotopic (exact) mass is 309 g/mol. The van der Waals surface area contributed by atoms with Gasteiger partial charge in [-0.3, -0.25) is 4.99 Å². The van der Waals surface area contributed by atoms with E-state index >= 15 is 0 Å². The van der Waals surface area contributed by atoms with Gasteiger partial charge in [-0.05, 0) is 32.9 Å². The second-order valence-corrected chi connectivity index (χ2v) is 6.68. The van der Waals surface area contributed by atoms with Gasteiger partial charge in [-0.15, -0.1) is 11.3 Å². The number of aryl methyl sites for hydroxylation is 1. The fourth-order valence-corrected chi connectivity index (χ4v) is 3.45. The van der Waals surface area contributed by atoms with Crippen LogP contribution in [0.3, 0.4) is 0 Å². The molecule has 0 aliphatic carbocycles. The van der Waals surface area contributed by atoms with Crippen molar-refractivity contribution in [3.63, 3.8) is 0 Å². The zero-order chi connectivity index (χ0) is 15.1. The lowest BCUT2D eigenvalue weighted by atomic mass is 10.2. The highest BCUT2D eigenvalue weighted by Gasteiger charge is 2.20. The Labute approximate surface area is 131 Å². The van der Waals surface area contributed by atoms with Gasteiger partial charge in [0, 0.05) is 43.7 Å². The summed E-state index contributed by atoms with van der Waals surface area (Å²) >= 11 is 1.81. The van der Waals surface area contributed by atoms with Crippen molar-refractivity contribution in [2.24, 2.45) is 4.99 Å². The number of thiazole rings is 1. The van der Waals surface area contributed by atoms with Crippen LogP contribution in [-0.4, -0.2) is 55.6 Å². The molecule has 0 amide bonds. The van der Waals surface area contributed by atoms with Crippen molar-refractivity contribution >= 4 is 17.3 Å². The van der Waals surface area contributed by atoms with Gasteiger partial charge in [-0.25, -0.2) is 4.98 Å². The van der Waals surface area contributed by atoms with Crippen molar-refractivity contribution in [2.75, 3.05) is 33.7 Å². The molecule has 6 heteroatoms. The summed E-state index contributed by atoms with van der Waals surface area (Å²) in [4.78, 5) is 12.5. The minimum Gasteiger partial charge on any atom is -0.356 e. The minimum atomic E-state index is 0.634. The van der Waals surface area contributed by atoms with E-state index in [-0.39, 0.29) is 0 Å². The molecule has 1 unspecified atom stereocenters. The molecule has 1 aromatic heterocycles. The van der Waals surface area contributed by atoms with Gasteiger partial charge in [0.25, 0.3) is 0 Å². The number of likely N-dealkylation sites (tertiary alicyclic amines) is 1. The Hall–Kier alpha value is -1.14. The lowest BCUT2D eigenvalue weighted by Gasteiger charge is -2.21. The summed E-state index contributed by atoms with van der Waals surface area (Å²) in [7, 11) is 4.02. The first-order chi connectivity index (χ1) is 10.2. The van der Waals surface area contributed by atoms with Gasteiger partial charge in [0.15, 0.2) is 5.96 Å². The van der Waals surface area contributed by atoms with Crippen molar-refractivity contribution in [2.45, 2.75) is 38.6 Å². The average Bonchev–Trinajstić information content (AvgIpc) is 3.11. The predicted octanol–water partition coefficient (Wildman–Crippen LogP) is 1.51. The van der Waals surface area contributed by atoms with E-state index in [9.17, 15) is 0 Å². The van der Waals surface area contributed by atoms with E-state index in [1.165, 1.54) is 29.3 Å². The lowest BCUT2D eigenvalue weighted by Crippen LogP contribution is -2.44. The maximum absolute atomic E-state index is 4.44. The Balaban J connectivity index is 1.67. The summed E-state index contributed by atoms with van der Waals surface area (Å²) < 4.78 is 0. The summed E-state index contributed by atoms with van der Waals surface area (Å²) in [5, 5.41) is 8.00. The molecule has 2 N–H and O–H groups in total. The smallest absolute Gasteiger partial charge is 0.191 e. The van der Waals surface area contributed by atoms with E-state index in [4.69, 9.17) is 0 Å². The molecule has 1 aliphatic heterocycles. The largest absolute Gasteiger partial charge is 0.356 e. The molecule has 0 radical (unpaired) electrons. The third-order valence-electron chi connectivity index (χ3n) is 3.98. The van der Waals surface area contributed by atoms with E-state index in [0.717, 1.165) is 31.9 Å². The normalized spacial score (nSPS) is 20.0. The van der Waals surface area contributed by atoms with Gasteiger partial charge in [-0.2, -0.15) is 0 Å². The SMILES string of the molecule is CCc1cnc(CCNC(=NC)NCC2CCCN2C)s1. The Morgan fingerprint density at radius 2 is 2.38 bits per heavy atom. The lowest BCUT2D eigenvalue weighted by molar-refractivity contribution is 0.309. The quantitative estimate of drug-likeness (QED) is 0.618. The molecular formula is C15H27N5S. The highest BCUT2D eigenvalue weighted by Crippen LogP contribution is 2.14. The number of nitrogens with one attached hydrogen (secondary N) is 2. The van der Waals surface area contributed by atoms with Crippen molar-refractivity contribution < 1.29 is 0 Å². The van der Waals surface area contributed by atoms with Crippen LogP contribution >= 0.6 is 11.3 Å². The minimum absolute atomic E-state index is 0.634. The van der Waals surface area contributed by atoms with Crippen LogP contribution in [0.4, 0.5) is 0 Å². The maximum Gasteiger partial charge on any atom is 0.191 e. The highest BCUT2D eigenvalue weighted by molar-refractivity contribution is 7.11. The van der Waals surface area contributed by atoms with E-state index in [1.807, 2.05) is 24.6 Å². The molecule has 1 aromatic rings. The van der Waals surface area contributed by atoms with E-state index in [1.54, 1.807) is 0 Å². The molecule has 0 spiro atoms. The van der Waals surface area contributed by atoms with Gasteiger partial charge in [0.05, 0.1) is 5.01 Å². The van der Waals surface area contributed by atoms with Crippen LogP contribution in [0.5, 0.6) is 0 Å². The number of likely N-dealkylation sites (N-methyl/N-ethyl adjacent to an activating group) is 1. The summed E-state index contributed by atoms with van der Waals surface area (Å²) in [6.45, 7) is 5.22. The fourth-order valence-electron chi connectivity index (χ4n) is 2.59. The second kappa shape index (κ2) is 8.34. The molecular weight excluding hydrogens is 282 g/mol. The summed E-state index contributed by atoms with van der Waals surface area (Å²) in [6, 6.07) is 0.634. The van der Waals surface area contributed by atoms with Crippen LogP contribution in [0.2, 0.25) is 0 Å². The number of hydrogen-bond acceptors (Lipinski definition) is 4. The van der Waals surface area contributed by atoms with Crippen LogP contribution in [0.25, 0.3) is 0 Å². The Bertz CT molecular complexity index is 457. The zero-order valence-corrected chi connectivity index (χ0v) is 14.2. The molecule has 2 heterocycles. The first kappa shape index (κ1) is 16.2. The van der Waals surface area contributed by atoms with Gasteiger partial charge in [-0.1, -0.05) is 6.92 Å². The molecule has 0 saturated carbocycles. The summed E-state index contributed by atoms with van der Waals surface area (Å²) in [5.41, 5.74) is 0. The molecule has 2 rings (SSSR count). The van der Waals surface area contributed by atoms with Gasteiger partial charge >= 0.3 is 0 Å². The standard InChI is InChI=1S/C15H27N5S/c1-4-13-11-18-14(21-13)7-8-17-15(16-2)19-10-12-6-5-9-20(12)3/h11-12H,4-10H2,1-3H3,(H2,16,17,19). The first-order valence-corrected chi connectivity index (χ1v) is 8.63. The van der Waals surface area contributed by atoms with E-state index in [0.29, 0.717) is 6.04 Å². The number of guanidine groups is 1. The van der Waals surface area contributed by atoms with Gasteiger partial charge in [0.2, 0.25) is 0 Å². The van der Waals surface area contributed by atoms with Crippen LogP contribution in [0.15, 0.2) is 11.2 Å². The van der Waals surface area contributed by atoms with E-state index in [2.05, 4.69) is 39.5 Å². The third kappa shape index (κ3) is 4.97. The molecule has 118 valence electrons. The summed E-state index contributed by atoms with van der Waals surface area (Å²) in [6.07, 6.45) is 6.60. The first-order valence-electron chi connectivity index (χ1n) is 7.81. The average molecular weight is 309 g/mol. The maximum atomic E-state index is 4.44. The predicted molar refractivity (Wildman–Crippen MR) is 90.2 cm³/mol. The number of hydrogen-bond donors (Lipinski definition) is 2. The van der Waals surface area contributed by atoms with E-state index < -0.39 is 0 Å². The van der Waals surface area contributed by atoms with Crippen molar-refractivity contribution in [1.82, 2.24) is 20.5 Å². The third-order valence-corrected chi connectivity index (χ3v) is 5.18. The zero-order valence-electron chi connectivity index (χ0n) is 13.4. The Morgan fingerprint density at radius 1 is 1.52 bits per heavy atom. The van der Waals surface area contributed by atoms with Crippen LogP contribution < -0.4 is 10.6 Å². The number of rotatable bonds is 6. The van der Waals surface area contributed by atoms with Crippen LogP contribution in [-0.2, 0) is 12.8 Å². The number of aromatic nitrogens is 1. The molecule has 1 fully saturated rings. The molecule has 1 saturated heterocycles. The molecule has 1 atom stereocenters. The number of aliphatic imine (C=N–C) groups is 1. The fraction of sp³-hybridized carbons (Fsp3) is 0.733. The van der Waals surface area contributed by atoms with Gasteiger partial charge < -0.3 is 15.5 Å². The molecule has 0 aromatic carbocycles. The summed E-state index contributed by atoms with van der Waals surface area (Å²) in [5.74, 6) is 0.891. The van der Waals surface area contributed by atoms with Crippen LogP contribution in [0.1, 0.15) is 29.7 Å². The number of nitrogens with zero attached hydrogens (tertiary/aromatic N) is 3. The van der Waals surface area contributed by atoms with Crippen molar-refractivity contribution in [1.29, 1.82) is 0 Å². The van der Waals surface area contributed by atoms with Crippen molar-refractivity contribution in [3.05, 3.63) is 16.1 Å².